The van der Waals surface area contributed by atoms with Crippen molar-refractivity contribution < 1.29 is 9.90 Å². The number of carboxylic acid groups (broad SMARTS) is 1. The van der Waals surface area contributed by atoms with Gasteiger partial charge >= 0.3 is 5.97 Å². The molecule has 0 atom stereocenters. The monoisotopic (exact) mass is 290 g/mol. The fourth-order valence-corrected chi connectivity index (χ4v) is 3.05. The summed E-state index contributed by atoms with van der Waals surface area (Å²) in [5, 5.41) is 10.1. The molecule has 0 aliphatic rings. The summed E-state index contributed by atoms with van der Waals surface area (Å²) >= 11 is 7.24. The van der Waals surface area contributed by atoms with E-state index in [9.17, 15) is 4.79 Å². The van der Waals surface area contributed by atoms with Gasteiger partial charge in [0.1, 0.15) is 0 Å². The van der Waals surface area contributed by atoms with Crippen LogP contribution in [0.4, 0.5) is 0 Å². The highest BCUT2D eigenvalue weighted by Gasteiger charge is 2.12. The van der Waals surface area contributed by atoms with Crippen molar-refractivity contribution >= 4 is 39.0 Å². The third kappa shape index (κ3) is 2.18. The largest absolute Gasteiger partial charge is 0.478 e. The maximum absolute atomic E-state index is 11.2. The van der Waals surface area contributed by atoms with E-state index in [4.69, 9.17) is 16.7 Å². The number of thiophene rings is 1. The van der Waals surface area contributed by atoms with Gasteiger partial charge in [0.05, 0.1) is 16.1 Å². The summed E-state index contributed by atoms with van der Waals surface area (Å²) in [5.41, 5.74) is 0.984. The molecule has 0 radical (unpaired) electrons. The van der Waals surface area contributed by atoms with Gasteiger partial charge in [-0.3, -0.25) is 0 Å². The minimum atomic E-state index is -0.935. The number of aromatic carboxylic acids is 1. The van der Waals surface area contributed by atoms with Gasteiger partial charge in [0.25, 0.3) is 0 Å². The molecule has 1 N–H and O–H groups in total. The van der Waals surface area contributed by atoms with Crippen LogP contribution in [0.15, 0.2) is 36.5 Å². The van der Waals surface area contributed by atoms with E-state index in [0.29, 0.717) is 16.6 Å². The third-order valence-electron chi connectivity index (χ3n) is 2.67. The Bertz CT molecular complexity index is 785. The van der Waals surface area contributed by atoms with Crippen LogP contribution in [0.1, 0.15) is 10.4 Å². The number of hydrogen-bond acceptors (Lipinski definition) is 4. The van der Waals surface area contributed by atoms with E-state index in [0.717, 1.165) is 9.58 Å². The van der Waals surface area contributed by atoms with E-state index in [1.165, 1.54) is 11.3 Å². The second-order valence-electron chi connectivity index (χ2n) is 3.84. The van der Waals surface area contributed by atoms with E-state index in [2.05, 4.69) is 9.97 Å². The van der Waals surface area contributed by atoms with Gasteiger partial charge in [-0.15, -0.1) is 11.3 Å². The maximum Gasteiger partial charge on any atom is 0.336 e. The Labute approximate surface area is 117 Å². The average Bonchev–Trinajstić information content (AvgIpc) is 2.82. The molecule has 1 aromatic carbocycles. The first-order chi connectivity index (χ1) is 9.15. The average molecular weight is 291 g/mol. The molecule has 0 spiro atoms. The van der Waals surface area contributed by atoms with Gasteiger partial charge in [-0.2, -0.15) is 0 Å². The molecule has 3 aromatic rings. The number of carboxylic acids is 1. The molecule has 2 aromatic heterocycles. The van der Waals surface area contributed by atoms with Gasteiger partial charge < -0.3 is 5.11 Å². The van der Waals surface area contributed by atoms with Crippen molar-refractivity contribution in [2.75, 3.05) is 0 Å². The predicted molar refractivity (Wildman–Crippen MR) is 74.8 cm³/mol. The summed E-state index contributed by atoms with van der Waals surface area (Å²) in [6.45, 7) is 0. The van der Waals surface area contributed by atoms with Crippen molar-refractivity contribution in [3.05, 3.63) is 47.4 Å². The van der Waals surface area contributed by atoms with Crippen molar-refractivity contribution in [1.82, 2.24) is 9.97 Å². The number of benzene rings is 1. The van der Waals surface area contributed by atoms with Crippen LogP contribution < -0.4 is 0 Å². The number of aromatic nitrogens is 2. The first kappa shape index (κ1) is 12.1. The van der Waals surface area contributed by atoms with Crippen molar-refractivity contribution in [2.45, 2.75) is 0 Å². The number of halogens is 1. The maximum atomic E-state index is 11.2. The van der Waals surface area contributed by atoms with Crippen molar-refractivity contribution in [2.24, 2.45) is 0 Å². The zero-order valence-corrected chi connectivity index (χ0v) is 11.1. The van der Waals surface area contributed by atoms with Crippen LogP contribution in [0.25, 0.3) is 20.7 Å². The Kier molecular flexibility index (Phi) is 2.93. The zero-order valence-electron chi connectivity index (χ0n) is 9.50. The summed E-state index contributed by atoms with van der Waals surface area (Å²) in [6.07, 6.45) is 1.58. The lowest BCUT2D eigenvalue weighted by Gasteiger charge is -1.95. The van der Waals surface area contributed by atoms with Crippen LogP contribution in [0.3, 0.4) is 0 Å². The first-order valence-electron chi connectivity index (χ1n) is 5.40. The minimum Gasteiger partial charge on any atom is -0.478 e. The molecule has 0 saturated carbocycles. The van der Waals surface area contributed by atoms with Gasteiger partial charge in [-0.05, 0) is 35.9 Å². The van der Waals surface area contributed by atoms with E-state index >= 15 is 0 Å². The van der Waals surface area contributed by atoms with Gasteiger partial charge in [0, 0.05) is 16.3 Å². The fourth-order valence-electron chi connectivity index (χ4n) is 1.85. The lowest BCUT2D eigenvalue weighted by molar-refractivity contribution is 0.0699. The second kappa shape index (κ2) is 4.60. The highest BCUT2D eigenvalue weighted by molar-refractivity contribution is 7.22. The SMILES string of the molecule is O=C(O)c1cccc2sc(-c3ccnc(Cl)n3)cc12. The van der Waals surface area contributed by atoms with E-state index in [1.54, 1.807) is 24.4 Å². The molecule has 0 fully saturated rings. The Morgan fingerprint density at radius 3 is 2.89 bits per heavy atom. The standard InChI is InChI=1S/C13H7ClN2O2S/c14-13-15-5-4-9(16-13)11-6-8-7(12(17)18)2-1-3-10(8)19-11/h1-6H,(H,17,18). The van der Waals surface area contributed by atoms with Crippen molar-refractivity contribution in [1.29, 1.82) is 0 Å². The molecule has 19 heavy (non-hydrogen) atoms. The van der Waals surface area contributed by atoms with Gasteiger partial charge in [0.2, 0.25) is 5.28 Å². The fraction of sp³-hybridized carbons (Fsp3) is 0. The number of rotatable bonds is 2. The van der Waals surface area contributed by atoms with Gasteiger partial charge in [-0.25, -0.2) is 14.8 Å². The van der Waals surface area contributed by atoms with Crippen LogP contribution in [0.2, 0.25) is 5.28 Å². The summed E-state index contributed by atoms with van der Waals surface area (Å²) in [6, 6.07) is 8.78. The highest BCUT2D eigenvalue weighted by atomic mass is 35.5. The Morgan fingerprint density at radius 1 is 1.32 bits per heavy atom. The second-order valence-corrected chi connectivity index (χ2v) is 5.27. The quantitative estimate of drug-likeness (QED) is 0.731. The van der Waals surface area contributed by atoms with Crippen LogP contribution in [0, 0.1) is 0 Å². The molecule has 0 bridgehead atoms. The summed E-state index contributed by atoms with van der Waals surface area (Å²) in [7, 11) is 0. The molecule has 0 aliphatic carbocycles. The molecule has 4 nitrogen and oxygen atoms in total. The number of nitrogens with zero attached hydrogens (tertiary/aromatic N) is 2. The van der Waals surface area contributed by atoms with E-state index in [1.807, 2.05) is 12.1 Å². The molecule has 94 valence electrons. The summed E-state index contributed by atoms with van der Waals surface area (Å²) in [5.74, 6) is -0.935. The van der Waals surface area contributed by atoms with E-state index in [-0.39, 0.29) is 5.28 Å². The molecule has 0 unspecified atom stereocenters. The lowest BCUT2D eigenvalue weighted by Crippen LogP contribution is -1.95. The van der Waals surface area contributed by atoms with Crippen molar-refractivity contribution in [3.8, 4) is 10.6 Å². The zero-order chi connectivity index (χ0) is 13.4. The molecular formula is C13H7ClN2O2S. The molecule has 0 saturated heterocycles. The molecule has 6 heteroatoms. The number of carbonyl (C=O) groups is 1. The molecule has 0 amide bonds. The van der Waals surface area contributed by atoms with Crippen LogP contribution in [-0.4, -0.2) is 21.0 Å². The van der Waals surface area contributed by atoms with Crippen molar-refractivity contribution in [3.63, 3.8) is 0 Å². The predicted octanol–water partition coefficient (Wildman–Crippen LogP) is 3.71. The van der Waals surface area contributed by atoms with Gasteiger partial charge in [0.15, 0.2) is 0 Å². The highest BCUT2D eigenvalue weighted by Crippen LogP contribution is 2.34. The molecule has 2 heterocycles. The Morgan fingerprint density at radius 2 is 2.16 bits per heavy atom. The van der Waals surface area contributed by atoms with Crippen LogP contribution in [-0.2, 0) is 0 Å². The molecular weight excluding hydrogens is 284 g/mol. The van der Waals surface area contributed by atoms with E-state index < -0.39 is 5.97 Å². The lowest BCUT2D eigenvalue weighted by atomic mass is 10.1. The summed E-state index contributed by atoms with van der Waals surface area (Å²) in [4.78, 5) is 20.0. The topological polar surface area (TPSA) is 63.1 Å². The molecule has 3 rings (SSSR count). The number of hydrogen-bond donors (Lipinski definition) is 1. The third-order valence-corrected chi connectivity index (χ3v) is 3.98. The minimum absolute atomic E-state index is 0.174. The normalized spacial score (nSPS) is 10.8. The Balaban J connectivity index is 2.22. The number of fused-ring (bicyclic) bond motifs is 1. The molecule has 0 aliphatic heterocycles. The Hall–Kier alpha value is -1.98. The summed E-state index contributed by atoms with van der Waals surface area (Å²) < 4.78 is 0.907. The van der Waals surface area contributed by atoms with Crippen LogP contribution >= 0.6 is 22.9 Å². The first-order valence-corrected chi connectivity index (χ1v) is 6.59. The smallest absolute Gasteiger partial charge is 0.336 e. The van der Waals surface area contributed by atoms with Gasteiger partial charge in [-0.1, -0.05) is 6.07 Å². The van der Waals surface area contributed by atoms with Crippen LogP contribution in [0.5, 0.6) is 0 Å².